The summed E-state index contributed by atoms with van der Waals surface area (Å²) in [4.78, 5) is 12.4. The number of halogens is 2. The molecule has 1 aromatic carbocycles. The van der Waals surface area contributed by atoms with Crippen LogP contribution in [-0.2, 0) is 0 Å². The first-order chi connectivity index (χ1) is 8.00. The predicted molar refractivity (Wildman–Crippen MR) is 78.8 cm³/mol. The monoisotopic (exact) mass is 361 g/mol. The van der Waals surface area contributed by atoms with Crippen LogP contribution in [0.15, 0.2) is 22.7 Å². The Balaban J connectivity index is 2.47. The fraction of sp³-hybridized carbons (Fsp3) is 0.462. The molecule has 0 aliphatic carbocycles. The Bertz CT molecular complexity index is 391. The van der Waals surface area contributed by atoms with Gasteiger partial charge in [-0.05, 0) is 43.5 Å². The normalized spacial score (nSPS) is 12.2. The summed E-state index contributed by atoms with van der Waals surface area (Å²) in [5, 5.41) is 2.94. The van der Waals surface area contributed by atoms with Crippen LogP contribution in [0.25, 0.3) is 0 Å². The van der Waals surface area contributed by atoms with E-state index in [1.54, 1.807) is 0 Å². The van der Waals surface area contributed by atoms with Crippen molar-refractivity contribution in [2.24, 2.45) is 0 Å². The Morgan fingerprint density at radius 2 is 2.18 bits per heavy atom. The van der Waals surface area contributed by atoms with Crippen LogP contribution in [0.1, 0.15) is 35.7 Å². The molecule has 1 aromatic rings. The van der Waals surface area contributed by atoms with Crippen LogP contribution in [0.3, 0.4) is 0 Å². The van der Waals surface area contributed by atoms with Crippen molar-refractivity contribution in [3.05, 3.63) is 33.8 Å². The average Bonchev–Trinajstić information content (AvgIpc) is 2.23. The van der Waals surface area contributed by atoms with E-state index in [1.807, 2.05) is 25.1 Å². The van der Waals surface area contributed by atoms with Gasteiger partial charge in [-0.3, -0.25) is 4.79 Å². The molecule has 0 aromatic heterocycles. The van der Waals surface area contributed by atoms with Crippen molar-refractivity contribution in [1.82, 2.24) is 5.32 Å². The third-order valence-corrected chi connectivity index (χ3v) is 3.45. The van der Waals surface area contributed by atoms with E-state index in [4.69, 9.17) is 0 Å². The lowest BCUT2D eigenvalue weighted by Crippen LogP contribution is -2.25. The van der Waals surface area contributed by atoms with Crippen LogP contribution in [-0.4, -0.2) is 17.3 Å². The zero-order valence-electron chi connectivity index (χ0n) is 10.1. The molecule has 1 unspecified atom stereocenters. The summed E-state index contributed by atoms with van der Waals surface area (Å²) >= 11 is 6.88. The average molecular weight is 363 g/mol. The molecule has 0 fully saturated rings. The number of carbonyl (C=O) groups excluding carboxylic acids is 1. The molecule has 0 bridgehead atoms. The molecule has 17 heavy (non-hydrogen) atoms. The third kappa shape index (κ3) is 5.21. The highest BCUT2D eigenvalue weighted by atomic mass is 79.9. The lowest BCUT2D eigenvalue weighted by Gasteiger charge is -2.08. The van der Waals surface area contributed by atoms with Crippen LogP contribution < -0.4 is 5.32 Å². The zero-order valence-corrected chi connectivity index (χ0v) is 13.3. The highest BCUT2D eigenvalue weighted by Gasteiger charge is 2.08. The van der Waals surface area contributed by atoms with Gasteiger partial charge in [-0.25, -0.2) is 0 Å². The summed E-state index contributed by atoms with van der Waals surface area (Å²) in [6.07, 6.45) is 2.06. The van der Waals surface area contributed by atoms with Crippen molar-refractivity contribution in [1.29, 1.82) is 0 Å². The number of nitrogens with one attached hydrogen (secondary N) is 1. The second-order valence-electron chi connectivity index (χ2n) is 4.14. The minimum absolute atomic E-state index is 0.0113. The summed E-state index contributed by atoms with van der Waals surface area (Å²) in [6.45, 7) is 4.78. The van der Waals surface area contributed by atoms with E-state index >= 15 is 0 Å². The Labute approximate surface area is 119 Å². The summed E-state index contributed by atoms with van der Waals surface area (Å²) in [6, 6.07) is 5.69. The summed E-state index contributed by atoms with van der Waals surface area (Å²) in [7, 11) is 0. The second kappa shape index (κ2) is 7.17. The van der Waals surface area contributed by atoms with E-state index in [0.29, 0.717) is 4.83 Å². The Hall–Kier alpha value is -0.350. The molecule has 2 nitrogen and oxygen atoms in total. The highest BCUT2D eigenvalue weighted by Crippen LogP contribution is 2.15. The van der Waals surface area contributed by atoms with E-state index in [9.17, 15) is 4.79 Å². The molecule has 94 valence electrons. The van der Waals surface area contributed by atoms with E-state index in [1.165, 1.54) is 0 Å². The Morgan fingerprint density at radius 1 is 1.47 bits per heavy atom. The lowest BCUT2D eigenvalue weighted by atomic mass is 10.1. The van der Waals surface area contributed by atoms with Crippen molar-refractivity contribution in [3.8, 4) is 0 Å². The van der Waals surface area contributed by atoms with Crippen LogP contribution >= 0.6 is 31.9 Å². The van der Waals surface area contributed by atoms with Crippen LogP contribution in [0.4, 0.5) is 0 Å². The molecule has 1 atom stereocenters. The SMILES string of the molecule is Cc1cc(Br)ccc1C(=O)NCCCC(C)Br. The van der Waals surface area contributed by atoms with Gasteiger partial charge in [0.15, 0.2) is 0 Å². The summed E-state index contributed by atoms with van der Waals surface area (Å²) in [5.74, 6) is 0.0113. The number of hydrogen-bond acceptors (Lipinski definition) is 1. The topological polar surface area (TPSA) is 29.1 Å². The van der Waals surface area contributed by atoms with Gasteiger partial charge in [-0.1, -0.05) is 38.8 Å². The van der Waals surface area contributed by atoms with Crippen molar-refractivity contribution >= 4 is 37.8 Å². The molecule has 0 heterocycles. The van der Waals surface area contributed by atoms with E-state index in [2.05, 4.69) is 44.1 Å². The van der Waals surface area contributed by atoms with Crippen LogP contribution in [0.5, 0.6) is 0 Å². The maximum absolute atomic E-state index is 11.9. The summed E-state index contributed by atoms with van der Waals surface area (Å²) in [5.41, 5.74) is 1.74. The standard InChI is InChI=1S/C13H17Br2NO/c1-9-8-11(15)5-6-12(9)13(17)16-7-3-4-10(2)14/h5-6,8,10H,3-4,7H2,1-2H3,(H,16,17). The van der Waals surface area contributed by atoms with Crippen LogP contribution in [0, 0.1) is 6.92 Å². The molecule has 0 aliphatic heterocycles. The van der Waals surface area contributed by atoms with Gasteiger partial charge in [0.25, 0.3) is 5.91 Å². The zero-order chi connectivity index (χ0) is 12.8. The molecular formula is C13H17Br2NO. The van der Waals surface area contributed by atoms with Gasteiger partial charge in [0, 0.05) is 21.4 Å². The highest BCUT2D eigenvalue weighted by molar-refractivity contribution is 9.10. The number of alkyl halides is 1. The first-order valence-corrected chi connectivity index (χ1v) is 7.40. The fourth-order valence-electron chi connectivity index (χ4n) is 1.56. The summed E-state index contributed by atoms with van der Waals surface area (Å²) < 4.78 is 1.000. The van der Waals surface area contributed by atoms with Gasteiger partial charge in [0.2, 0.25) is 0 Å². The van der Waals surface area contributed by atoms with Crippen molar-refractivity contribution in [3.63, 3.8) is 0 Å². The molecule has 4 heteroatoms. The predicted octanol–water partition coefficient (Wildman–Crippen LogP) is 4.05. The lowest BCUT2D eigenvalue weighted by molar-refractivity contribution is 0.0952. The molecule has 1 N–H and O–H groups in total. The smallest absolute Gasteiger partial charge is 0.251 e. The quantitative estimate of drug-likeness (QED) is 0.621. The first-order valence-electron chi connectivity index (χ1n) is 5.69. The third-order valence-electron chi connectivity index (χ3n) is 2.50. The largest absolute Gasteiger partial charge is 0.352 e. The van der Waals surface area contributed by atoms with Gasteiger partial charge in [-0.15, -0.1) is 0 Å². The maximum atomic E-state index is 11.9. The van der Waals surface area contributed by atoms with Crippen molar-refractivity contribution in [2.45, 2.75) is 31.5 Å². The molecule has 0 radical (unpaired) electrons. The number of carbonyl (C=O) groups is 1. The van der Waals surface area contributed by atoms with E-state index in [0.717, 1.165) is 35.0 Å². The number of amides is 1. The van der Waals surface area contributed by atoms with Gasteiger partial charge in [0.05, 0.1) is 0 Å². The number of benzene rings is 1. The van der Waals surface area contributed by atoms with Gasteiger partial charge >= 0.3 is 0 Å². The number of rotatable bonds is 5. The molecule has 0 saturated carbocycles. The maximum Gasteiger partial charge on any atom is 0.251 e. The molecule has 1 amide bonds. The van der Waals surface area contributed by atoms with Gasteiger partial charge in [-0.2, -0.15) is 0 Å². The molecule has 0 spiro atoms. The van der Waals surface area contributed by atoms with E-state index in [-0.39, 0.29) is 5.91 Å². The number of aryl methyl sites for hydroxylation is 1. The first kappa shape index (κ1) is 14.7. The minimum atomic E-state index is 0.0113. The van der Waals surface area contributed by atoms with Gasteiger partial charge in [0.1, 0.15) is 0 Å². The van der Waals surface area contributed by atoms with Crippen LogP contribution in [0.2, 0.25) is 0 Å². The van der Waals surface area contributed by atoms with Crippen molar-refractivity contribution in [2.75, 3.05) is 6.54 Å². The van der Waals surface area contributed by atoms with Crippen molar-refractivity contribution < 1.29 is 4.79 Å². The fourth-order valence-corrected chi connectivity index (χ4v) is 2.36. The Kier molecular flexibility index (Phi) is 6.20. The molecule has 0 aliphatic rings. The second-order valence-corrected chi connectivity index (χ2v) is 6.62. The van der Waals surface area contributed by atoms with Gasteiger partial charge < -0.3 is 5.32 Å². The Morgan fingerprint density at radius 3 is 2.76 bits per heavy atom. The number of hydrogen-bond donors (Lipinski definition) is 1. The van der Waals surface area contributed by atoms with E-state index < -0.39 is 0 Å². The molecule has 0 saturated heterocycles. The minimum Gasteiger partial charge on any atom is -0.352 e. The molecule has 1 rings (SSSR count). The molecular weight excluding hydrogens is 346 g/mol.